The lowest BCUT2D eigenvalue weighted by Crippen LogP contribution is -2.01. The molecule has 0 saturated heterocycles. The Morgan fingerprint density at radius 1 is 1.50 bits per heavy atom. The summed E-state index contributed by atoms with van der Waals surface area (Å²) in [7, 11) is 0. The second-order valence-corrected chi connectivity index (χ2v) is 2.95. The van der Waals surface area contributed by atoms with Crippen molar-refractivity contribution in [1.29, 1.82) is 0 Å². The van der Waals surface area contributed by atoms with E-state index in [9.17, 15) is 5.11 Å². The summed E-state index contributed by atoms with van der Waals surface area (Å²) in [6.45, 7) is 6.15. The fourth-order valence-electron chi connectivity index (χ4n) is 0.881. The van der Waals surface area contributed by atoms with E-state index in [1.54, 1.807) is 0 Å². The molecular weight excluding hydrogens is 124 g/mol. The summed E-state index contributed by atoms with van der Waals surface area (Å²) in [5, 5.41) is 9.27. The minimum Gasteiger partial charge on any atom is -0.389 e. The third-order valence-electron chi connectivity index (χ3n) is 1.38. The molecule has 0 unspecified atom stereocenters. The van der Waals surface area contributed by atoms with Crippen LogP contribution in [0.1, 0.15) is 40.0 Å². The van der Waals surface area contributed by atoms with Crippen molar-refractivity contribution < 1.29 is 5.11 Å². The van der Waals surface area contributed by atoms with Crippen molar-refractivity contribution in [2.75, 3.05) is 0 Å². The normalized spacial score (nSPS) is 12.8. The van der Waals surface area contributed by atoms with Crippen molar-refractivity contribution in [3.8, 4) is 0 Å². The molecule has 0 radical (unpaired) electrons. The molecule has 0 spiro atoms. The van der Waals surface area contributed by atoms with Gasteiger partial charge in [0.05, 0.1) is 6.10 Å². The first-order chi connectivity index (χ1) is 4.66. The number of hydrogen-bond acceptors (Lipinski definition) is 1. The van der Waals surface area contributed by atoms with Crippen molar-refractivity contribution >= 4 is 0 Å². The van der Waals surface area contributed by atoms with Gasteiger partial charge in [-0.05, 0) is 20.3 Å². The Labute approximate surface area is 63.8 Å². The number of rotatable bonds is 4. The van der Waals surface area contributed by atoms with Gasteiger partial charge < -0.3 is 5.11 Å². The van der Waals surface area contributed by atoms with Crippen molar-refractivity contribution in [3.05, 3.63) is 11.6 Å². The van der Waals surface area contributed by atoms with Crippen LogP contribution in [0.25, 0.3) is 0 Å². The highest BCUT2D eigenvalue weighted by atomic mass is 16.3. The van der Waals surface area contributed by atoms with Gasteiger partial charge in [0.25, 0.3) is 0 Å². The van der Waals surface area contributed by atoms with E-state index >= 15 is 0 Å². The van der Waals surface area contributed by atoms with Crippen LogP contribution in [0.4, 0.5) is 0 Å². The van der Waals surface area contributed by atoms with Gasteiger partial charge in [-0.3, -0.25) is 0 Å². The first-order valence-corrected chi connectivity index (χ1v) is 4.00. The average molecular weight is 142 g/mol. The van der Waals surface area contributed by atoms with E-state index in [0.717, 1.165) is 19.3 Å². The maximum absolute atomic E-state index is 9.27. The number of unbranched alkanes of at least 4 members (excludes halogenated alkanes) is 1. The van der Waals surface area contributed by atoms with Gasteiger partial charge in [-0.25, -0.2) is 0 Å². The van der Waals surface area contributed by atoms with Crippen LogP contribution in [0.5, 0.6) is 0 Å². The quantitative estimate of drug-likeness (QED) is 0.598. The molecule has 10 heavy (non-hydrogen) atoms. The average Bonchev–Trinajstić information content (AvgIpc) is 1.82. The van der Waals surface area contributed by atoms with Crippen LogP contribution in [-0.2, 0) is 0 Å². The zero-order chi connectivity index (χ0) is 7.98. The Hall–Kier alpha value is -0.300. The molecule has 1 N–H and O–H groups in total. The Kier molecular flexibility index (Phi) is 5.32. The van der Waals surface area contributed by atoms with E-state index in [1.807, 2.05) is 19.9 Å². The lowest BCUT2D eigenvalue weighted by atomic mass is 10.1. The predicted octanol–water partition coefficient (Wildman–Crippen LogP) is 2.50. The summed E-state index contributed by atoms with van der Waals surface area (Å²) >= 11 is 0. The van der Waals surface area contributed by atoms with Crippen LogP contribution in [0, 0.1) is 0 Å². The van der Waals surface area contributed by atoms with Gasteiger partial charge in [0.1, 0.15) is 0 Å². The van der Waals surface area contributed by atoms with Crippen LogP contribution in [0.15, 0.2) is 11.6 Å². The first-order valence-electron chi connectivity index (χ1n) is 4.00. The molecule has 0 aromatic heterocycles. The minimum absolute atomic E-state index is 0.218. The highest BCUT2D eigenvalue weighted by Crippen LogP contribution is 2.03. The standard InChI is InChI=1S/C9H18O/c1-4-5-6-9(10)7-8(2)3/h7,9-10H,4-6H2,1-3H3/t9-/m1/s1. The zero-order valence-electron chi connectivity index (χ0n) is 7.22. The predicted molar refractivity (Wildman–Crippen MR) is 45.0 cm³/mol. The molecule has 0 aliphatic rings. The Balaban J connectivity index is 3.43. The molecule has 0 aromatic carbocycles. The van der Waals surface area contributed by atoms with E-state index in [4.69, 9.17) is 0 Å². The summed E-state index contributed by atoms with van der Waals surface area (Å²) in [4.78, 5) is 0. The molecule has 0 heterocycles. The van der Waals surface area contributed by atoms with Gasteiger partial charge in [0.2, 0.25) is 0 Å². The topological polar surface area (TPSA) is 20.2 Å². The molecule has 0 aromatic rings. The Morgan fingerprint density at radius 2 is 2.10 bits per heavy atom. The van der Waals surface area contributed by atoms with E-state index < -0.39 is 0 Å². The first kappa shape index (κ1) is 9.70. The van der Waals surface area contributed by atoms with E-state index in [2.05, 4.69) is 6.92 Å². The SMILES string of the molecule is CCCC[C@@H](O)C=C(C)C. The second-order valence-electron chi connectivity index (χ2n) is 2.95. The van der Waals surface area contributed by atoms with E-state index in [-0.39, 0.29) is 6.10 Å². The third kappa shape index (κ3) is 5.83. The van der Waals surface area contributed by atoms with Gasteiger partial charge in [-0.1, -0.05) is 31.4 Å². The van der Waals surface area contributed by atoms with Crippen molar-refractivity contribution in [2.45, 2.75) is 46.1 Å². The number of allylic oxidation sites excluding steroid dienone is 1. The smallest absolute Gasteiger partial charge is 0.0723 e. The second kappa shape index (κ2) is 5.48. The monoisotopic (exact) mass is 142 g/mol. The van der Waals surface area contributed by atoms with Crippen LogP contribution < -0.4 is 0 Å². The number of hydrogen-bond donors (Lipinski definition) is 1. The molecule has 1 heteroatoms. The lowest BCUT2D eigenvalue weighted by molar-refractivity contribution is 0.208. The summed E-state index contributed by atoms with van der Waals surface area (Å²) < 4.78 is 0. The Bertz CT molecular complexity index is 101. The third-order valence-corrected chi connectivity index (χ3v) is 1.38. The fraction of sp³-hybridized carbons (Fsp3) is 0.778. The highest BCUT2D eigenvalue weighted by Gasteiger charge is 1.96. The molecule has 0 aliphatic carbocycles. The maximum atomic E-state index is 9.27. The molecule has 0 aliphatic heterocycles. The lowest BCUT2D eigenvalue weighted by Gasteiger charge is -2.03. The van der Waals surface area contributed by atoms with Crippen LogP contribution in [-0.4, -0.2) is 11.2 Å². The molecule has 0 fully saturated rings. The molecule has 0 amide bonds. The zero-order valence-corrected chi connectivity index (χ0v) is 7.22. The van der Waals surface area contributed by atoms with Crippen LogP contribution in [0.2, 0.25) is 0 Å². The summed E-state index contributed by atoms with van der Waals surface area (Å²) in [5.41, 5.74) is 1.20. The molecule has 0 bridgehead atoms. The molecule has 1 atom stereocenters. The van der Waals surface area contributed by atoms with Gasteiger partial charge in [-0.2, -0.15) is 0 Å². The summed E-state index contributed by atoms with van der Waals surface area (Å²) in [6, 6.07) is 0. The van der Waals surface area contributed by atoms with Crippen molar-refractivity contribution in [2.24, 2.45) is 0 Å². The van der Waals surface area contributed by atoms with E-state index in [0.29, 0.717) is 0 Å². The minimum atomic E-state index is -0.218. The van der Waals surface area contributed by atoms with Gasteiger partial charge in [0.15, 0.2) is 0 Å². The van der Waals surface area contributed by atoms with E-state index in [1.165, 1.54) is 5.57 Å². The number of aliphatic hydroxyl groups is 1. The molecular formula is C9H18O. The van der Waals surface area contributed by atoms with Crippen LogP contribution >= 0.6 is 0 Å². The maximum Gasteiger partial charge on any atom is 0.0723 e. The van der Waals surface area contributed by atoms with Gasteiger partial charge >= 0.3 is 0 Å². The van der Waals surface area contributed by atoms with Crippen molar-refractivity contribution in [3.63, 3.8) is 0 Å². The van der Waals surface area contributed by atoms with Crippen LogP contribution in [0.3, 0.4) is 0 Å². The molecule has 0 rings (SSSR count). The molecule has 1 nitrogen and oxygen atoms in total. The summed E-state index contributed by atoms with van der Waals surface area (Å²) in [5.74, 6) is 0. The fourth-order valence-corrected chi connectivity index (χ4v) is 0.881. The summed E-state index contributed by atoms with van der Waals surface area (Å²) in [6.07, 6.45) is 4.88. The largest absolute Gasteiger partial charge is 0.389 e. The number of aliphatic hydroxyl groups excluding tert-OH is 1. The Morgan fingerprint density at radius 3 is 2.50 bits per heavy atom. The van der Waals surface area contributed by atoms with Gasteiger partial charge in [0, 0.05) is 0 Å². The molecule has 60 valence electrons. The molecule has 0 saturated carbocycles. The van der Waals surface area contributed by atoms with Crippen molar-refractivity contribution in [1.82, 2.24) is 0 Å². The van der Waals surface area contributed by atoms with Gasteiger partial charge in [-0.15, -0.1) is 0 Å². The highest BCUT2D eigenvalue weighted by molar-refractivity contribution is 4.97.